The van der Waals surface area contributed by atoms with Crippen molar-refractivity contribution in [2.24, 2.45) is 0 Å². The molecule has 0 saturated carbocycles. The largest absolute Gasteiger partial charge is 0.462 e. The summed E-state index contributed by atoms with van der Waals surface area (Å²) in [7, 11) is 0. The van der Waals surface area contributed by atoms with Gasteiger partial charge in [-0.2, -0.15) is 0 Å². The van der Waals surface area contributed by atoms with Crippen LogP contribution in [0.5, 0.6) is 0 Å². The van der Waals surface area contributed by atoms with E-state index in [4.69, 9.17) is 4.74 Å². The summed E-state index contributed by atoms with van der Waals surface area (Å²) >= 11 is 0. The summed E-state index contributed by atoms with van der Waals surface area (Å²) in [6, 6.07) is -0.704. The molecular formula is C54H99NO5. The Morgan fingerprint density at radius 2 is 0.900 bits per heavy atom. The smallest absolute Gasteiger partial charge is 0.306 e. The molecule has 0 aliphatic heterocycles. The molecule has 6 heteroatoms. The Kier molecular flexibility index (Phi) is 46.1. The molecule has 350 valence electrons. The van der Waals surface area contributed by atoms with Crippen molar-refractivity contribution >= 4 is 11.9 Å². The van der Waals surface area contributed by atoms with Crippen molar-refractivity contribution in [3.05, 3.63) is 48.6 Å². The molecule has 0 heterocycles. The number of aliphatic hydroxyl groups is 2. The molecule has 0 aromatic rings. The summed E-state index contributed by atoms with van der Waals surface area (Å²) in [4.78, 5) is 26.1. The maximum atomic E-state index is 13.2. The van der Waals surface area contributed by atoms with E-state index < -0.39 is 18.2 Å². The molecule has 3 atom stereocenters. The van der Waals surface area contributed by atoms with Crippen molar-refractivity contribution in [1.29, 1.82) is 0 Å². The molecule has 3 unspecified atom stereocenters. The standard InChI is InChI=1S/C54H99NO5/c1-4-7-10-13-16-19-22-25-26-29-32-35-38-41-44-47-54(59)60-50(45-42-39-36-33-30-27-23-20-17-14-11-8-5-2)48-53(58)55-51(49-56)52(57)46-43-40-37-34-31-28-24-21-18-15-12-9-6-3/h7,10,13,16,19,22,25-26,50-52,56-57H,4-6,8-9,11-12,14-15,17-18,20-21,23-24,27-49H2,1-3H3,(H,55,58)/b10-7+,16-13+,22-19+,26-25-. The second-order valence-corrected chi connectivity index (χ2v) is 17.6. The normalized spacial score (nSPS) is 13.6. The molecule has 0 aromatic heterocycles. The minimum Gasteiger partial charge on any atom is -0.462 e. The highest BCUT2D eigenvalue weighted by Crippen LogP contribution is 2.18. The van der Waals surface area contributed by atoms with Gasteiger partial charge in [-0.1, -0.05) is 249 Å². The lowest BCUT2D eigenvalue weighted by Crippen LogP contribution is -2.46. The second kappa shape index (κ2) is 47.9. The number of carbonyl (C=O) groups is 2. The molecule has 0 radical (unpaired) electrons. The SMILES string of the molecule is CC/C=C/C=C/C=C/C=C\CCCCCCCC(=O)OC(CCCCCCCCCCCCCCC)CC(=O)NC(CO)C(O)CCCCCCCCCCCCCCC. The Balaban J connectivity index is 4.59. The third-order valence-electron chi connectivity index (χ3n) is 11.8. The van der Waals surface area contributed by atoms with Crippen LogP contribution >= 0.6 is 0 Å². The molecule has 0 aromatic carbocycles. The minimum atomic E-state index is -0.790. The van der Waals surface area contributed by atoms with Crippen molar-refractivity contribution in [2.45, 2.75) is 277 Å². The van der Waals surface area contributed by atoms with Gasteiger partial charge in [-0.3, -0.25) is 9.59 Å². The van der Waals surface area contributed by atoms with E-state index in [0.29, 0.717) is 19.3 Å². The fourth-order valence-electron chi connectivity index (χ4n) is 7.85. The fraction of sp³-hybridized carbons (Fsp3) is 0.815. The van der Waals surface area contributed by atoms with Crippen LogP contribution in [0.2, 0.25) is 0 Å². The van der Waals surface area contributed by atoms with E-state index in [0.717, 1.165) is 77.0 Å². The molecule has 60 heavy (non-hydrogen) atoms. The van der Waals surface area contributed by atoms with Gasteiger partial charge in [0, 0.05) is 6.42 Å². The Morgan fingerprint density at radius 3 is 1.37 bits per heavy atom. The van der Waals surface area contributed by atoms with E-state index in [1.165, 1.54) is 135 Å². The topological polar surface area (TPSA) is 95.9 Å². The molecule has 3 N–H and O–H groups in total. The first-order valence-electron chi connectivity index (χ1n) is 25.9. The van der Waals surface area contributed by atoms with Crippen LogP contribution in [0.1, 0.15) is 258 Å². The minimum absolute atomic E-state index is 0.0703. The molecule has 0 saturated heterocycles. The van der Waals surface area contributed by atoms with E-state index in [9.17, 15) is 19.8 Å². The molecule has 1 amide bonds. The summed E-state index contributed by atoms with van der Waals surface area (Å²) in [6.07, 6.45) is 57.3. The van der Waals surface area contributed by atoms with Crippen LogP contribution in [0.4, 0.5) is 0 Å². The first-order chi connectivity index (χ1) is 29.5. The van der Waals surface area contributed by atoms with Crippen molar-refractivity contribution in [1.82, 2.24) is 5.32 Å². The van der Waals surface area contributed by atoms with Crippen molar-refractivity contribution < 1.29 is 24.5 Å². The van der Waals surface area contributed by atoms with Gasteiger partial charge in [0.1, 0.15) is 6.10 Å². The van der Waals surface area contributed by atoms with E-state index in [-0.39, 0.29) is 24.9 Å². The van der Waals surface area contributed by atoms with E-state index in [2.05, 4.69) is 56.5 Å². The van der Waals surface area contributed by atoms with Gasteiger partial charge in [0.25, 0.3) is 0 Å². The molecule has 0 aliphatic rings. The van der Waals surface area contributed by atoms with Crippen molar-refractivity contribution in [3.8, 4) is 0 Å². The Labute approximate surface area is 372 Å². The van der Waals surface area contributed by atoms with Crippen molar-refractivity contribution in [2.75, 3.05) is 6.61 Å². The summed E-state index contributed by atoms with van der Waals surface area (Å²) in [5, 5.41) is 23.8. The lowest BCUT2D eigenvalue weighted by Gasteiger charge is -2.24. The van der Waals surface area contributed by atoms with Gasteiger partial charge in [0.05, 0.1) is 25.2 Å². The number of hydrogen-bond acceptors (Lipinski definition) is 5. The zero-order chi connectivity index (χ0) is 43.8. The van der Waals surface area contributed by atoms with Crippen LogP contribution in [0.15, 0.2) is 48.6 Å². The average molecular weight is 842 g/mol. The number of ether oxygens (including phenoxy) is 1. The third-order valence-corrected chi connectivity index (χ3v) is 11.8. The molecule has 0 spiro atoms. The number of nitrogens with one attached hydrogen (secondary N) is 1. The van der Waals surface area contributed by atoms with Crippen LogP contribution < -0.4 is 5.32 Å². The maximum Gasteiger partial charge on any atom is 0.306 e. The number of unbranched alkanes of at least 4 members (excludes halogenated alkanes) is 29. The highest BCUT2D eigenvalue weighted by Gasteiger charge is 2.24. The number of hydrogen-bond donors (Lipinski definition) is 3. The number of esters is 1. The number of carbonyl (C=O) groups excluding carboxylic acids is 2. The quantitative estimate of drug-likeness (QED) is 0.0322. The van der Waals surface area contributed by atoms with Crippen LogP contribution in [-0.4, -0.2) is 46.9 Å². The van der Waals surface area contributed by atoms with Gasteiger partial charge in [-0.05, 0) is 44.9 Å². The van der Waals surface area contributed by atoms with Gasteiger partial charge in [-0.15, -0.1) is 0 Å². The summed E-state index contributed by atoms with van der Waals surface area (Å²) in [6.45, 7) is 6.35. The van der Waals surface area contributed by atoms with Crippen LogP contribution in [-0.2, 0) is 14.3 Å². The molecule has 6 nitrogen and oxygen atoms in total. The van der Waals surface area contributed by atoms with Gasteiger partial charge >= 0.3 is 5.97 Å². The molecule has 0 bridgehead atoms. The molecule has 0 fully saturated rings. The van der Waals surface area contributed by atoms with Gasteiger partial charge < -0.3 is 20.3 Å². The molecular weight excluding hydrogens is 743 g/mol. The second-order valence-electron chi connectivity index (χ2n) is 17.6. The van der Waals surface area contributed by atoms with Crippen LogP contribution in [0, 0.1) is 0 Å². The lowest BCUT2D eigenvalue weighted by molar-refractivity contribution is -0.151. The first-order valence-corrected chi connectivity index (χ1v) is 25.9. The maximum absolute atomic E-state index is 13.2. The predicted molar refractivity (Wildman–Crippen MR) is 259 cm³/mol. The predicted octanol–water partition coefficient (Wildman–Crippen LogP) is 15.5. The van der Waals surface area contributed by atoms with Crippen LogP contribution in [0.25, 0.3) is 0 Å². The third kappa shape index (κ3) is 42.5. The number of allylic oxidation sites excluding steroid dienone is 8. The summed E-state index contributed by atoms with van der Waals surface area (Å²) in [5.74, 6) is -0.492. The van der Waals surface area contributed by atoms with E-state index in [1.807, 2.05) is 18.2 Å². The monoisotopic (exact) mass is 842 g/mol. The molecule has 0 aliphatic carbocycles. The average Bonchev–Trinajstić information content (AvgIpc) is 3.24. The zero-order valence-electron chi connectivity index (χ0n) is 39.8. The van der Waals surface area contributed by atoms with Gasteiger partial charge in [-0.25, -0.2) is 0 Å². The highest BCUT2D eigenvalue weighted by atomic mass is 16.5. The zero-order valence-corrected chi connectivity index (χ0v) is 39.8. The number of aliphatic hydroxyl groups excluding tert-OH is 2. The first kappa shape index (κ1) is 57.8. The van der Waals surface area contributed by atoms with E-state index in [1.54, 1.807) is 0 Å². The lowest BCUT2D eigenvalue weighted by atomic mass is 10.0. The number of amides is 1. The van der Waals surface area contributed by atoms with Crippen LogP contribution in [0.3, 0.4) is 0 Å². The van der Waals surface area contributed by atoms with Gasteiger partial charge in [0.2, 0.25) is 5.91 Å². The van der Waals surface area contributed by atoms with Crippen molar-refractivity contribution in [3.63, 3.8) is 0 Å². The Hall–Kier alpha value is -2.18. The Bertz CT molecular complexity index is 1040. The van der Waals surface area contributed by atoms with Gasteiger partial charge in [0.15, 0.2) is 0 Å². The highest BCUT2D eigenvalue weighted by molar-refractivity contribution is 5.77. The number of rotatable bonds is 46. The fourth-order valence-corrected chi connectivity index (χ4v) is 7.85. The summed E-state index contributed by atoms with van der Waals surface area (Å²) < 4.78 is 5.93. The van der Waals surface area contributed by atoms with E-state index >= 15 is 0 Å². The Morgan fingerprint density at radius 1 is 0.500 bits per heavy atom. The molecule has 0 rings (SSSR count). The summed E-state index contributed by atoms with van der Waals surface area (Å²) in [5.41, 5.74) is 0.